The fourth-order valence-corrected chi connectivity index (χ4v) is 2.95. The quantitative estimate of drug-likeness (QED) is 0.201. The SMILES string of the molecule is CCCCCCCCCCCCOC(=S)CCCCCCC. The van der Waals surface area contributed by atoms with Gasteiger partial charge in [0.05, 0.1) is 6.61 Å². The maximum atomic E-state index is 5.65. The molecule has 1 nitrogen and oxygen atoms in total. The van der Waals surface area contributed by atoms with Crippen LogP contribution < -0.4 is 0 Å². The highest BCUT2D eigenvalue weighted by Crippen LogP contribution is 2.11. The molecule has 0 atom stereocenters. The van der Waals surface area contributed by atoms with E-state index in [0.717, 1.165) is 18.1 Å². The zero-order valence-electron chi connectivity index (χ0n) is 15.3. The summed E-state index contributed by atoms with van der Waals surface area (Å²) in [6, 6.07) is 0. The molecule has 0 radical (unpaired) electrons. The molecule has 0 aliphatic carbocycles. The Morgan fingerprint density at radius 1 is 0.591 bits per heavy atom. The summed E-state index contributed by atoms with van der Waals surface area (Å²) in [5.74, 6) is 0. The van der Waals surface area contributed by atoms with Crippen molar-refractivity contribution in [2.45, 2.75) is 117 Å². The molecule has 0 saturated carbocycles. The van der Waals surface area contributed by atoms with E-state index in [-0.39, 0.29) is 0 Å². The van der Waals surface area contributed by atoms with Crippen molar-refractivity contribution in [3.8, 4) is 0 Å². The van der Waals surface area contributed by atoms with Crippen LogP contribution in [0.1, 0.15) is 117 Å². The van der Waals surface area contributed by atoms with Crippen LogP contribution >= 0.6 is 12.2 Å². The van der Waals surface area contributed by atoms with Gasteiger partial charge in [0.15, 0.2) is 5.05 Å². The number of ether oxygens (including phenoxy) is 1. The Morgan fingerprint density at radius 3 is 1.50 bits per heavy atom. The van der Waals surface area contributed by atoms with Crippen molar-refractivity contribution in [2.24, 2.45) is 0 Å². The molecule has 2 heteroatoms. The number of hydrogen-bond acceptors (Lipinski definition) is 2. The molecule has 0 amide bonds. The Kier molecular flexibility index (Phi) is 18.8. The molecule has 22 heavy (non-hydrogen) atoms. The number of rotatable bonds is 17. The monoisotopic (exact) mass is 328 g/mol. The maximum Gasteiger partial charge on any atom is 0.159 e. The minimum atomic E-state index is 0.838. The third kappa shape index (κ3) is 17.9. The third-order valence-corrected chi connectivity index (χ3v) is 4.57. The normalized spacial score (nSPS) is 10.8. The summed E-state index contributed by atoms with van der Waals surface area (Å²) in [7, 11) is 0. The molecule has 0 aromatic heterocycles. The summed E-state index contributed by atoms with van der Waals surface area (Å²) >= 11 is 5.28. The molecule has 0 fully saturated rings. The average Bonchev–Trinajstić information content (AvgIpc) is 2.52. The molecule has 0 aromatic carbocycles. The van der Waals surface area contributed by atoms with Gasteiger partial charge in [0.25, 0.3) is 0 Å². The Morgan fingerprint density at radius 2 is 1.00 bits per heavy atom. The van der Waals surface area contributed by atoms with Gasteiger partial charge in [-0.15, -0.1) is 0 Å². The highest BCUT2D eigenvalue weighted by atomic mass is 32.1. The van der Waals surface area contributed by atoms with E-state index in [9.17, 15) is 0 Å². The largest absolute Gasteiger partial charge is 0.487 e. The molecule has 0 aliphatic rings. The first kappa shape index (κ1) is 21.9. The van der Waals surface area contributed by atoms with E-state index in [2.05, 4.69) is 13.8 Å². The van der Waals surface area contributed by atoms with Gasteiger partial charge >= 0.3 is 0 Å². The predicted molar refractivity (Wildman–Crippen MR) is 104 cm³/mol. The van der Waals surface area contributed by atoms with Gasteiger partial charge in [-0.05, 0) is 25.1 Å². The molecule has 0 rings (SSSR count). The van der Waals surface area contributed by atoms with Gasteiger partial charge in [0, 0.05) is 6.42 Å². The molecular formula is C20H40OS. The van der Waals surface area contributed by atoms with Crippen molar-refractivity contribution in [1.29, 1.82) is 0 Å². The van der Waals surface area contributed by atoms with Crippen LogP contribution in [0.4, 0.5) is 0 Å². The second kappa shape index (κ2) is 18.9. The first-order chi connectivity index (χ1) is 10.8. The standard InChI is InChI=1S/C20H40OS/c1-3-5-7-9-10-11-12-13-15-17-19-21-20(22)18-16-14-8-6-4-2/h3-19H2,1-2H3. The highest BCUT2D eigenvalue weighted by molar-refractivity contribution is 7.80. The van der Waals surface area contributed by atoms with Gasteiger partial charge in [-0.3, -0.25) is 0 Å². The summed E-state index contributed by atoms with van der Waals surface area (Å²) in [5, 5.41) is 0.840. The van der Waals surface area contributed by atoms with Crippen LogP contribution in [0, 0.1) is 0 Å². The minimum Gasteiger partial charge on any atom is -0.487 e. The van der Waals surface area contributed by atoms with Crippen LogP contribution in [-0.4, -0.2) is 11.7 Å². The van der Waals surface area contributed by atoms with Crippen LogP contribution in [0.15, 0.2) is 0 Å². The lowest BCUT2D eigenvalue weighted by Gasteiger charge is -2.07. The minimum absolute atomic E-state index is 0.838. The van der Waals surface area contributed by atoms with E-state index < -0.39 is 0 Å². The van der Waals surface area contributed by atoms with Crippen LogP contribution in [0.3, 0.4) is 0 Å². The second-order valence-electron chi connectivity index (χ2n) is 6.57. The summed E-state index contributed by atoms with van der Waals surface area (Å²) in [6.45, 7) is 5.37. The van der Waals surface area contributed by atoms with E-state index in [4.69, 9.17) is 17.0 Å². The van der Waals surface area contributed by atoms with Gasteiger partial charge in [-0.1, -0.05) is 97.3 Å². The van der Waals surface area contributed by atoms with E-state index in [0.29, 0.717) is 0 Å². The number of thiocarbonyl (C=S) groups is 1. The van der Waals surface area contributed by atoms with Crippen LogP contribution in [0.2, 0.25) is 0 Å². The molecule has 0 aliphatic heterocycles. The summed E-state index contributed by atoms with van der Waals surface area (Å²) in [4.78, 5) is 0. The molecule has 0 aromatic rings. The Labute approximate surface area is 145 Å². The zero-order chi connectivity index (χ0) is 16.3. The lowest BCUT2D eigenvalue weighted by Crippen LogP contribution is -2.03. The molecule has 0 N–H and O–H groups in total. The zero-order valence-corrected chi connectivity index (χ0v) is 16.2. The molecule has 0 spiro atoms. The Balaban J connectivity index is 3.10. The lowest BCUT2D eigenvalue weighted by molar-refractivity contribution is 0.290. The average molecular weight is 329 g/mol. The van der Waals surface area contributed by atoms with Crippen LogP contribution in [0.5, 0.6) is 0 Å². The van der Waals surface area contributed by atoms with Gasteiger partial charge in [-0.25, -0.2) is 0 Å². The molecule has 132 valence electrons. The van der Waals surface area contributed by atoms with Gasteiger partial charge in [0.1, 0.15) is 0 Å². The summed E-state index contributed by atoms with van der Waals surface area (Å²) in [5.41, 5.74) is 0. The molecule has 0 heterocycles. The highest BCUT2D eigenvalue weighted by Gasteiger charge is 1.98. The second-order valence-corrected chi connectivity index (χ2v) is 7.02. The number of unbranched alkanes of at least 4 members (excludes halogenated alkanes) is 13. The van der Waals surface area contributed by atoms with Crippen LogP contribution in [0.25, 0.3) is 0 Å². The Hall–Kier alpha value is -0.110. The Bertz CT molecular complexity index is 228. The van der Waals surface area contributed by atoms with Crippen molar-refractivity contribution in [3.63, 3.8) is 0 Å². The van der Waals surface area contributed by atoms with E-state index in [1.54, 1.807) is 0 Å². The third-order valence-electron chi connectivity index (χ3n) is 4.25. The smallest absolute Gasteiger partial charge is 0.159 e. The van der Waals surface area contributed by atoms with Crippen molar-refractivity contribution < 1.29 is 4.74 Å². The fraction of sp³-hybridized carbons (Fsp3) is 0.950. The van der Waals surface area contributed by atoms with Crippen molar-refractivity contribution >= 4 is 17.3 Å². The van der Waals surface area contributed by atoms with E-state index >= 15 is 0 Å². The molecule has 0 unspecified atom stereocenters. The first-order valence-corrected chi connectivity index (χ1v) is 10.4. The summed E-state index contributed by atoms with van der Waals surface area (Å²) < 4.78 is 5.65. The summed E-state index contributed by atoms with van der Waals surface area (Å²) in [6.07, 6.45) is 21.2. The number of hydrogen-bond donors (Lipinski definition) is 0. The van der Waals surface area contributed by atoms with Crippen molar-refractivity contribution in [1.82, 2.24) is 0 Å². The van der Waals surface area contributed by atoms with Crippen LogP contribution in [-0.2, 0) is 4.74 Å². The first-order valence-electron chi connectivity index (χ1n) is 9.96. The van der Waals surface area contributed by atoms with Gasteiger partial charge in [0.2, 0.25) is 0 Å². The fourth-order valence-electron chi connectivity index (χ4n) is 2.72. The van der Waals surface area contributed by atoms with Gasteiger partial charge < -0.3 is 4.74 Å². The maximum absolute atomic E-state index is 5.65. The molecule has 0 bridgehead atoms. The van der Waals surface area contributed by atoms with Crippen molar-refractivity contribution in [2.75, 3.05) is 6.61 Å². The van der Waals surface area contributed by atoms with E-state index in [1.165, 1.54) is 96.3 Å². The predicted octanol–water partition coefficient (Wildman–Crippen LogP) is 7.61. The molecular weight excluding hydrogens is 288 g/mol. The van der Waals surface area contributed by atoms with E-state index in [1.807, 2.05) is 0 Å². The lowest BCUT2D eigenvalue weighted by atomic mass is 10.1. The van der Waals surface area contributed by atoms with Gasteiger partial charge in [-0.2, -0.15) is 0 Å². The molecule has 0 saturated heterocycles. The van der Waals surface area contributed by atoms with Crippen molar-refractivity contribution in [3.05, 3.63) is 0 Å². The topological polar surface area (TPSA) is 9.23 Å².